The maximum Gasteiger partial charge on any atom is 0.226 e. The summed E-state index contributed by atoms with van der Waals surface area (Å²) in [5, 5.41) is 0. The van der Waals surface area contributed by atoms with E-state index in [2.05, 4.69) is 6.92 Å². The Labute approximate surface area is 109 Å². The standard InChI is InChI=1S/C15H24O3/c1-3-4-5-6-7-8-9-11-18-15-13(2)17-12-10-14(15)16/h10,12H,3-9,11H2,1-2H3. The second-order valence-electron chi connectivity index (χ2n) is 4.64. The summed E-state index contributed by atoms with van der Waals surface area (Å²) in [6.45, 7) is 4.58. The van der Waals surface area contributed by atoms with Gasteiger partial charge in [-0.3, -0.25) is 4.79 Å². The molecule has 0 spiro atoms. The lowest BCUT2D eigenvalue weighted by atomic mass is 10.1. The molecule has 0 radical (unpaired) electrons. The summed E-state index contributed by atoms with van der Waals surface area (Å²) in [5.41, 5.74) is -0.0957. The fourth-order valence-corrected chi connectivity index (χ4v) is 1.91. The number of hydrogen-bond acceptors (Lipinski definition) is 3. The van der Waals surface area contributed by atoms with Crippen LogP contribution in [0.2, 0.25) is 0 Å². The van der Waals surface area contributed by atoms with Crippen molar-refractivity contribution in [1.82, 2.24) is 0 Å². The van der Waals surface area contributed by atoms with E-state index in [-0.39, 0.29) is 5.43 Å². The van der Waals surface area contributed by atoms with E-state index in [0.717, 1.165) is 6.42 Å². The lowest BCUT2D eigenvalue weighted by molar-refractivity contribution is 0.286. The van der Waals surface area contributed by atoms with Gasteiger partial charge in [-0.05, 0) is 13.3 Å². The molecule has 0 aromatic carbocycles. The van der Waals surface area contributed by atoms with E-state index in [0.29, 0.717) is 18.1 Å². The van der Waals surface area contributed by atoms with Crippen LogP contribution in [0.4, 0.5) is 0 Å². The Kier molecular flexibility index (Phi) is 7.23. The third-order valence-electron chi connectivity index (χ3n) is 3.00. The molecule has 0 saturated heterocycles. The quantitative estimate of drug-likeness (QED) is 0.622. The van der Waals surface area contributed by atoms with Crippen molar-refractivity contribution in [3.8, 4) is 5.75 Å². The molecule has 0 aliphatic heterocycles. The van der Waals surface area contributed by atoms with Crippen molar-refractivity contribution < 1.29 is 9.15 Å². The maximum atomic E-state index is 11.5. The highest BCUT2D eigenvalue weighted by Crippen LogP contribution is 2.12. The van der Waals surface area contributed by atoms with E-state index in [4.69, 9.17) is 9.15 Å². The van der Waals surface area contributed by atoms with Crippen molar-refractivity contribution in [2.45, 2.75) is 58.8 Å². The van der Waals surface area contributed by atoms with E-state index in [1.807, 2.05) is 0 Å². The van der Waals surface area contributed by atoms with E-state index in [9.17, 15) is 4.79 Å². The zero-order valence-electron chi connectivity index (χ0n) is 11.5. The van der Waals surface area contributed by atoms with Crippen LogP contribution in [0.15, 0.2) is 21.5 Å². The fourth-order valence-electron chi connectivity index (χ4n) is 1.91. The Morgan fingerprint density at radius 2 is 1.78 bits per heavy atom. The molecule has 3 heteroatoms. The van der Waals surface area contributed by atoms with E-state index in [1.165, 1.54) is 50.9 Å². The van der Waals surface area contributed by atoms with Gasteiger partial charge >= 0.3 is 0 Å². The van der Waals surface area contributed by atoms with Gasteiger partial charge in [0.15, 0.2) is 0 Å². The topological polar surface area (TPSA) is 39.4 Å². The molecule has 1 heterocycles. The normalized spacial score (nSPS) is 10.6. The van der Waals surface area contributed by atoms with E-state index in [1.54, 1.807) is 6.92 Å². The molecule has 18 heavy (non-hydrogen) atoms. The highest BCUT2D eigenvalue weighted by atomic mass is 16.5. The van der Waals surface area contributed by atoms with Crippen LogP contribution in [0, 0.1) is 6.92 Å². The predicted molar refractivity (Wildman–Crippen MR) is 73.2 cm³/mol. The molecule has 1 rings (SSSR count). The smallest absolute Gasteiger partial charge is 0.226 e. The van der Waals surface area contributed by atoms with Crippen LogP contribution in [0.25, 0.3) is 0 Å². The van der Waals surface area contributed by atoms with Crippen molar-refractivity contribution in [1.29, 1.82) is 0 Å². The summed E-state index contributed by atoms with van der Waals surface area (Å²) < 4.78 is 10.6. The SMILES string of the molecule is CCCCCCCCCOc1c(C)occc1=O. The Morgan fingerprint density at radius 1 is 1.11 bits per heavy atom. The molecule has 0 bridgehead atoms. The number of hydrogen-bond donors (Lipinski definition) is 0. The number of unbranched alkanes of at least 4 members (excludes halogenated alkanes) is 6. The molecule has 3 nitrogen and oxygen atoms in total. The van der Waals surface area contributed by atoms with Crippen molar-refractivity contribution in [2.75, 3.05) is 6.61 Å². The summed E-state index contributed by atoms with van der Waals surface area (Å²) in [6, 6.07) is 1.40. The maximum absolute atomic E-state index is 11.5. The average Bonchev–Trinajstić information content (AvgIpc) is 2.35. The second-order valence-corrected chi connectivity index (χ2v) is 4.64. The van der Waals surface area contributed by atoms with Gasteiger partial charge in [-0.2, -0.15) is 0 Å². The molecule has 0 amide bonds. The van der Waals surface area contributed by atoms with Crippen LogP contribution in [-0.4, -0.2) is 6.61 Å². The van der Waals surface area contributed by atoms with Gasteiger partial charge in [0.2, 0.25) is 11.2 Å². The van der Waals surface area contributed by atoms with Crippen LogP contribution in [0.5, 0.6) is 5.75 Å². The third kappa shape index (κ3) is 5.39. The molecule has 0 aliphatic rings. The van der Waals surface area contributed by atoms with Crippen molar-refractivity contribution in [2.24, 2.45) is 0 Å². The zero-order valence-corrected chi connectivity index (χ0v) is 11.5. The van der Waals surface area contributed by atoms with Gasteiger partial charge in [-0.1, -0.05) is 45.4 Å². The first kappa shape index (κ1) is 14.8. The lowest BCUT2D eigenvalue weighted by Gasteiger charge is -2.06. The van der Waals surface area contributed by atoms with Crippen LogP contribution < -0.4 is 10.2 Å². The number of aryl methyl sites for hydroxylation is 1. The van der Waals surface area contributed by atoms with Crippen LogP contribution in [0.3, 0.4) is 0 Å². The number of rotatable bonds is 9. The molecular weight excluding hydrogens is 228 g/mol. The summed E-state index contributed by atoms with van der Waals surface area (Å²) >= 11 is 0. The molecule has 1 aromatic heterocycles. The molecule has 0 aliphatic carbocycles. The van der Waals surface area contributed by atoms with Gasteiger partial charge in [0.1, 0.15) is 5.76 Å². The van der Waals surface area contributed by atoms with Crippen LogP contribution in [-0.2, 0) is 0 Å². The van der Waals surface area contributed by atoms with Gasteiger partial charge in [0.25, 0.3) is 0 Å². The second kappa shape index (κ2) is 8.78. The van der Waals surface area contributed by atoms with Crippen molar-refractivity contribution in [3.63, 3.8) is 0 Å². The van der Waals surface area contributed by atoms with Gasteiger partial charge in [0, 0.05) is 6.07 Å². The van der Waals surface area contributed by atoms with Crippen molar-refractivity contribution >= 4 is 0 Å². The minimum absolute atomic E-state index is 0.0957. The average molecular weight is 252 g/mol. The molecule has 0 saturated carbocycles. The minimum Gasteiger partial charge on any atom is -0.487 e. The van der Waals surface area contributed by atoms with Crippen LogP contribution >= 0.6 is 0 Å². The molecule has 1 aromatic rings. The lowest BCUT2D eigenvalue weighted by Crippen LogP contribution is -2.09. The largest absolute Gasteiger partial charge is 0.487 e. The third-order valence-corrected chi connectivity index (χ3v) is 3.00. The molecule has 0 N–H and O–H groups in total. The molecule has 0 unspecified atom stereocenters. The van der Waals surface area contributed by atoms with Crippen LogP contribution in [0.1, 0.15) is 57.6 Å². The summed E-state index contributed by atoms with van der Waals surface area (Å²) in [7, 11) is 0. The summed E-state index contributed by atoms with van der Waals surface area (Å²) in [6.07, 6.45) is 10.1. The predicted octanol–water partition coefficient (Wildman–Crippen LogP) is 4.08. The highest BCUT2D eigenvalue weighted by Gasteiger charge is 2.05. The van der Waals surface area contributed by atoms with E-state index >= 15 is 0 Å². The summed E-state index contributed by atoms with van der Waals surface area (Å²) in [5.74, 6) is 0.925. The van der Waals surface area contributed by atoms with Gasteiger partial charge in [0.05, 0.1) is 12.9 Å². The molecular formula is C15H24O3. The van der Waals surface area contributed by atoms with Crippen molar-refractivity contribution in [3.05, 3.63) is 28.3 Å². The molecule has 102 valence electrons. The molecule has 0 atom stereocenters. The first-order valence-corrected chi connectivity index (χ1v) is 6.97. The van der Waals surface area contributed by atoms with E-state index < -0.39 is 0 Å². The fraction of sp³-hybridized carbons (Fsp3) is 0.667. The Morgan fingerprint density at radius 3 is 2.44 bits per heavy atom. The minimum atomic E-state index is -0.0957. The molecule has 0 fully saturated rings. The van der Waals surface area contributed by atoms with Gasteiger partial charge in [-0.15, -0.1) is 0 Å². The van der Waals surface area contributed by atoms with Gasteiger partial charge < -0.3 is 9.15 Å². The zero-order chi connectivity index (χ0) is 13.2. The Bertz CT molecular complexity index is 382. The first-order valence-electron chi connectivity index (χ1n) is 6.97. The Balaban J connectivity index is 2.13. The van der Waals surface area contributed by atoms with Gasteiger partial charge in [-0.25, -0.2) is 0 Å². The number of ether oxygens (including phenoxy) is 1. The monoisotopic (exact) mass is 252 g/mol. The highest BCUT2D eigenvalue weighted by molar-refractivity contribution is 5.22. The first-order chi connectivity index (χ1) is 8.75. The Hall–Kier alpha value is -1.25. The summed E-state index contributed by atoms with van der Waals surface area (Å²) in [4.78, 5) is 11.5.